The number of hydrogen-bond acceptors (Lipinski definition) is 5. The fourth-order valence-electron chi connectivity index (χ4n) is 1.20. The molecule has 0 atom stereocenters. The molecule has 7 heteroatoms. The molecule has 0 spiro atoms. The van der Waals surface area contributed by atoms with Crippen LogP contribution in [0.3, 0.4) is 0 Å². The summed E-state index contributed by atoms with van der Waals surface area (Å²) >= 11 is 6.27. The Kier molecular flexibility index (Phi) is 3.27. The molecule has 4 N–H and O–H groups in total. The minimum atomic E-state index is -0.161. The summed E-state index contributed by atoms with van der Waals surface area (Å²) in [5, 5.41) is 2.36. The average molecular weight is 242 g/mol. The SMILES string of the molecule is O=C(CC1NNC(=S)NN1)c1cccs1. The second-order valence-electron chi connectivity index (χ2n) is 3.02. The number of carbonyl (C=O) groups excluding carboxylic acids is 1. The zero-order valence-corrected chi connectivity index (χ0v) is 9.37. The Morgan fingerprint density at radius 3 is 2.80 bits per heavy atom. The zero-order chi connectivity index (χ0) is 10.7. The molecule has 15 heavy (non-hydrogen) atoms. The summed E-state index contributed by atoms with van der Waals surface area (Å²) in [5.41, 5.74) is 11.2. The summed E-state index contributed by atoms with van der Waals surface area (Å²) in [6.07, 6.45) is 0.203. The first kappa shape index (κ1) is 10.5. The van der Waals surface area contributed by atoms with E-state index in [-0.39, 0.29) is 11.9 Å². The molecule has 1 aromatic heterocycles. The van der Waals surface area contributed by atoms with E-state index in [1.807, 2.05) is 17.5 Å². The Balaban J connectivity index is 1.87. The number of hydrazine groups is 2. The van der Waals surface area contributed by atoms with Crippen molar-refractivity contribution in [2.45, 2.75) is 12.6 Å². The number of thiophene rings is 1. The van der Waals surface area contributed by atoms with Crippen molar-refractivity contribution in [3.63, 3.8) is 0 Å². The number of carbonyl (C=O) groups is 1. The van der Waals surface area contributed by atoms with Crippen molar-refractivity contribution in [3.05, 3.63) is 22.4 Å². The van der Waals surface area contributed by atoms with Crippen molar-refractivity contribution in [2.24, 2.45) is 0 Å². The molecule has 0 unspecified atom stereocenters. The average Bonchev–Trinajstić information content (AvgIpc) is 2.74. The van der Waals surface area contributed by atoms with E-state index in [9.17, 15) is 4.79 Å². The van der Waals surface area contributed by atoms with Crippen molar-refractivity contribution >= 4 is 34.5 Å². The lowest BCUT2D eigenvalue weighted by Crippen LogP contribution is -2.66. The smallest absolute Gasteiger partial charge is 0.195 e. The highest BCUT2D eigenvalue weighted by molar-refractivity contribution is 7.80. The summed E-state index contributed by atoms with van der Waals surface area (Å²) in [4.78, 5) is 12.5. The van der Waals surface area contributed by atoms with Crippen LogP contribution in [0.5, 0.6) is 0 Å². The topological polar surface area (TPSA) is 65.2 Å². The molecular weight excluding hydrogens is 232 g/mol. The van der Waals surface area contributed by atoms with Crippen LogP contribution in [-0.4, -0.2) is 17.1 Å². The minimum absolute atomic E-state index is 0.103. The van der Waals surface area contributed by atoms with Crippen molar-refractivity contribution in [2.75, 3.05) is 0 Å². The molecule has 1 aliphatic heterocycles. The van der Waals surface area contributed by atoms with E-state index < -0.39 is 0 Å². The number of Topliss-reactive ketones (excluding diaryl/α,β-unsaturated/α-hetero) is 1. The summed E-state index contributed by atoms with van der Waals surface area (Å²) in [5.74, 6) is 0.103. The number of rotatable bonds is 3. The summed E-state index contributed by atoms with van der Waals surface area (Å²) in [6.45, 7) is 0. The van der Waals surface area contributed by atoms with E-state index in [0.717, 1.165) is 4.88 Å². The summed E-state index contributed by atoms with van der Waals surface area (Å²) < 4.78 is 0. The molecule has 0 radical (unpaired) electrons. The number of hydrogen-bond donors (Lipinski definition) is 4. The number of ketones is 1. The van der Waals surface area contributed by atoms with E-state index in [0.29, 0.717) is 11.5 Å². The predicted octanol–water partition coefficient (Wildman–Crippen LogP) is 0.134. The summed E-state index contributed by atoms with van der Waals surface area (Å²) in [6, 6.07) is 3.69. The second kappa shape index (κ2) is 4.67. The molecule has 2 rings (SSSR count). The van der Waals surface area contributed by atoms with Crippen LogP contribution in [0.25, 0.3) is 0 Å². The third-order valence-electron chi connectivity index (χ3n) is 1.91. The summed E-state index contributed by atoms with van der Waals surface area (Å²) in [7, 11) is 0. The molecule has 5 nitrogen and oxygen atoms in total. The van der Waals surface area contributed by atoms with Gasteiger partial charge in [0.05, 0.1) is 11.0 Å². The third-order valence-corrected chi connectivity index (χ3v) is 3.02. The van der Waals surface area contributed by atoms with Crippen LogP contribution in [0.4, 0.5) is 0 Å². The van der Waals surface area contributed by atoms with Gasteiger partial charge in [-0.3, -0.25) is 15.6 Å². The molecule has 1 fully saturated rings. The molecule has 80 valence electrons. The van der Waals surface area contributed by atoms with Gasteiger partial charge in [0, 0.05) is 6.42 Å². The van der Waals surface area contributed by atoms with E-state index in [1.54, 1.807) is 0 Å². The maximum Gasteiger partial charge on any atom is 0.195 e. The van der Waals surface area contributed by atoms with Crippen LogP contribution in [-0.2, 0) is 0 Å². The highest BCUT2D eigenvalue weighted by Crippen LogP contribution is 2.11. The van der Waals surface area contributed by atoms with E-state index in [1.165, 1.54) is 11.3 Å². The predicted molar refractivity (Wildman–Crippen MR) is 62.2 cm³/mol. The Labute approximate surface area is 96.2 Å². The van der Waals surface area contributed by atoms with Crippen LogP contribution in [0.1, 0.15) is 16.1 Å². The maximum absolute atomic E-state index is 11.7. The molecule has 2 heterocycles. The van der Waals surface area contributed by atoms with Crippen LogP contribution in [0, 0.1) is 0 Å². The van der Waals surface area contributed by atoms with Gasteiger partial charge in [-0.1, -0.05) is 6.07 Å². The fraction of sp³-hybridized carbons (Fsp3) is 0.250. The first-order valence-electron chi connectivity index (χ1n) is 4.39. The molecule has 0 bridgehead atoms. The molecular formula is C8H10N4OS2. The van der Waals surface area contributed by atoms with Crippen molar-refractivity contribution in [1.82, 2.24) is 21.7 Å². The van der Waals surface area contributed by atoms with Crippen molar-refractivity contribution in [1.29, 1.82) is 0 Å². The van der Waals surface area contributed by atoms with E-state index in [4.69, 9.17) is 12.2 Å². The Bertz CT molecular complexity index is 355. The van der Waals surface area contributed by atoms with Gasteiger partial charge in [-0.05, 0) is 23.7 Å². The van der Waals surface area contributed by atoms with Gasteiger partial charge in [0.25, 0.3) is 0 Å². The lowest BCUT2D eigenvalue weighted by molar-refractivity contribution is 0.0959. The Morgan fingerprint density at radius 2 is 2.20 bits per heavy atom. The van der Waals surface area contributed by atoms with E-state index in [2.05, 4.69) is 21.7 Å². The van der Waals surface area contributed by atoms with Crippen LogP contribution < -0.4 is 21.7 Å². The Hall–Kier alpha value is -1.02. The van der Waals surface area contributed by atoms with Crippen LogP contribution >= 0.6 is 23.6 Å². The van der Waals surface area contributed by atoms with Gasteiger partial charge < -0.3 is 0 Å². The molecule has 0 saturated carbocycles. The molecule has 0 aliphatic carbocycles. The van der Waals surface area contributed by atoms with Gasteiger partial charge in [0.15, 0.2) is 10.9 Å². The highest BCUT2D eigenvalue weighted by atomic mass is 32.1. The van der Waals surface area contributed by atoms with Gasteiger partial charge in [-0.25, -0.2) is 10.9 Å². The second-order valence-corrected chi connectivity index (χ2v) is 4.38. The van der Waals surface area contributed by atoms with Gasteiger partial charge in [0.2, 0.25) is 0 Å². The third kappa shape index (κ3) is 2.72. The molecule has 0 amide bonds. The first-order chi connectivity index (χ1) is 7.25. The Morgan fingerprint density at radius 1 is 1.47 bits per heavy atom. The normalized spacial score (nSPS) is 16.9. The molecule has 1 saturated heterocycles. The fourth-order valence-corrected chi connectivity index (χ4v) is 1.99. The standard InChI is InChI=1S/C8H10N4OS2/c13-5(6-2-1-3-15-6)4-7-9-11-8(14)12-10-7/h1-3,7,9-10H,4H2,(H2,11,12,14). The quantitative estimate of drug-likeness (QED) is 0.446. The minimum Gasteiger partial charge on any atom is -0.296 e. The zero-order valence-electron chi connectivity index (χ0n) is 7.74. The molecule has 1 aromatic rings. The number of thiocarbonyl (C=S) groups is 1. The first-order valence-corrected chi connectivity index (χ1v) is 5.68. The largest absolute Gasteiger partial charge is 0.296 e. The molecule has 1 aliphatic rings. The number of nitrogens with one attached hydrogen (secondary N) is 4. The van der Waals surface area contributed by atoms with Crippen molar-refractivity contribution < 1.29 is 4.79 Å². The van der Waals surface area contributed by atoms with Gasteiger partial charge in [-0.15, -0.1) is 11.3 Å². The van der Waals surface area contributed by atoms with E-state index >= 15 is 0 Å². The van der Waals surface area contributed by atoms with Gasteiger partial charge in [0.1, 0.15) is 0 Å². The monoisotopic (exact) mass is 242 g/mol. The van der Waals surface area contributed by atoms with Crippen LogP contribution in [0.2, 0.25) is 0 Å². The maximum atomic E-state index is 11.7. The lowest BCUT2D eigenvalue weighted by atomic mass is 10.2. The highest BCUT2D eigenvalue weighted by Gasteiger charge is 2.18. The van der Waals surface area contributed by atoms with Gasteiger partial charge >= 0.3 is 0 Å². The lowest BCUT2D eigenvalue weighted by Gasteiger charge is -2.27. The van der Waals surface area contributed by atoms with Crippen LogP contribution in [0.15, 0.2) is 17.5 Å². The van der Waals surface area contributed by atoms with Gasteiger partial charge in [-0.2, -0.15) is 0 Å². The van der Waals surface area contributed by atoms with Crippen molar-refractivity contribution in [3.8, 4) is 0 Å². The molecule has 0 aromatic carbocycles.